The molecule has 0 radical (unpaired) electrons. The van der Waals surface area contributed by atoms with Crippen molar-refractivity contribution in [3.05, 3.63) is 40.2 Å². The molecule has 1 N–H and O–H groups in total. The Morgan fingerprint density at radius 1 is 1.45 bits per heavy atom. The summed E-state index contributed by atoms with van der Waals surface area (Å²) >= 11 is 1.33. The summed E-state index contributed by atoms with van der Waals surface area (Å²) in [4.78, 5) is 19.0. The zero-order valence-electron chi connectivity index (χ0n) is 12.1. The molecule has 112 valence electrons. The monoisotopic (exact) mass is 313 g/mol. The Kier molecular flexibility index (Phi) is 4.16. The number of hydrogen-bond acceptors (Lipinski definition) is 5. The van der Waals surface area contributed by atoms with Crippen LogP contribution < -0.4 is 10.3 Å². The minimum atomic E-state index is -0.422. The smallest absolute Gasteiger partial charge is 0.270 e. The van der Waals surface area contributed by atoms with Gasteiger partial charge >= 0.3 is 0 Å². The lowest BCUT2D eigenvalue weighted by Crippen LogP contribution is -2.15. The van der Waals surface area contributed by atoms with Gasteiger partial charge in [0.15, 0.2) is 5.16 Å². The van der Waals surface area contributed by atoms with Gasteiger partial charge in [0, 0.05) is 5.56 Å². The molecule has 1 aromatic carbocycles. The molecule has 1 saturated carbocycles. The van der Waals surface area contributed by atoms with Gasteiger partial charge in [-0.3, -0.25) is 4.79 Å². The summed E-state index contributed by atoms with van der Waals surface area (Å²) in [5.41, 5.74) is 0.650. The van der Waals surface area contributed by atoms with Crippen molar-refractivity contribution in [3.63, 3.8) is 0 Å². The Balaban J connectivity index is 2.08. The molecule has 0 spiro atoms. The second kappa shape index (κ2) is 6.24. The molecule has 0 atom stereocenters. The highest BCUT2D eigenvalue weighted by Gasteiger charge is 2.23. The molecular formula is C16H15N3O2S. The topological polar surface area (TPSA) is 78.8 Å². The Morgan fingerprint density at radius 3 is 2.91 bits per heavy atom. The van der Waals surface area contributed by atoms with Crippen LogP contribution in [0.2, 0.25) is 0 Å². The number of nitriles is 1. The SMILES string of the molecule is CSc1nc(-c2ccccc2OCC2CC2)c(C#N)c(=O)[nH]1. The first-order chi connectivity index (χ1) is 10.7. The van der Waals surface area contributed by atoms with Crippen LogP contribution in [0.4, 0.5) is 0 Å². The molecule has 0 aliphatic heterocycles. The van der Waals surface area contributed by atoms with Crippen LogP contribution in [0.15, 0.2) is 34.2 Å². The second-order valence-electron chi connectivity index (χ2n) is 5.16. The molecule has 1 aliphatic rings. The number of ether oxygens (including phenoxy) is 1. The van der Waals surface area contributed by atoms with E-state index in [-0.39, 0.29) is 5.56 Å². The van der Waals surface area contributed by atoms with Gasteiger partial charge in [-0.1, -0.05) is 23.9 Å². The third-order valence-corrected chi connectivity index (χ3v) is 4.10. The molecule has 5 nitrogen and oxygen atoms in total. The van der Waals surface area contributed by atoms with Crippen molar-refractivity contribution < 1.29 is 4.74 Å². The number of aromatic amines is 1. The van der Waals surface area contributed by atoms with Gasteiger partial charge in [-0.2, -0.15) is 5.26 Å². The summed E-state index contributed by atoms with van der Waals surface area (Å²) in [6.07, 6.45) is 4.22. The zero-order chi connectivity index (χ0) is 15.5. The Bertz CT molecular complexity index is 791. The van der Waals surface area contributed by atoms with Gasteiger partial charge in [-0.25, -0.2) is 4.98 Å². The van der Waals surface area contributed by atoms with Crippen LogP contribution in [0.3, 0.4) is 0 Å². The van der Waals surface area contributed by atoms with E-state index >= 15 is 0 Å². The highest BCUT2D eigenvalue weighted by atomic mass is 32.2. The van der Waals surface area contributed by atoms with Gasteiger partial charge < -0.3 is 9.72 Å². The van der Waals surface area contributed by atoms with E-state index in [1.807, 2.05) is 36.6 Å². The van der Waals surface area contributed by atoms with Crippen LogP contribution in [0, 0.1) is 17.2 Å². The van der Waals surface area contributed by atoms with E-state index in [1.165, 1.54) is 24.6 Å². The van der Waals surface area contributed by atoms with Crippen LogP contribution in [0.25, 0.3) is 11.3 Å². The van der Waals surface area contributed by atoms with Crippen LogP contribution in [0.5, 0.6) is 5.75 Å². The molecule has 3 rings (SSSR count). The van der Waals surface area contributed by atoms with Crippen molar-refractivity contribution >= 4 is 11.8 Å². The Labute approximate surface area is 132 Å². The number of H-pyrrole nitrogens is 1. The summed E-state index contributed by atoms with van der Waals surface area (Å²) < 4.78 is 5.86. The number of nitrogens with zero attached hydrogens (tertiary/aromatic N) is 2. The molecule has 0 saturated heterocycles. The van der Waals surface area contributed by atoms with E-state index in [0.717, 1.165) is 0 Å². The van der Waals surface area contributed by atoms with E-state index in [9.17, 15) is 10.1 Å². The van der Waals surface area contributed by atoms with E-state index < -0.39 is 5.56 Å². The van der Waals surface area contributed by atoms with Crippen LogP contribution >= 0.6 is 11.8 Å². The largest absolute Gasteiger partial charge is 0.493 e. The average Bonchev–Trinajstić information content (AvgIpc) is 3.36. The van der Waals surface area contributed by atoms with Gasteiger partial charge in [-0.15, -0.1) is 0 Å². The maximum Gasteiger partial charge on any atom is 0.270 e. The first kappa shape index (κ1) is 14.7. The maximum absolute atomic E-state index is 12.0. The Morgan fingerprint density at radius 2 is 2.23 bits per heavy atom. The van der Waals surface area contributed by atoms with Crippen LogP contribution in [0.1, 0.15) is 18.4 Å². The van der Waals surface area contributed by atoms with Gasteiger partial charge in [0.25, 0.3) is 5.56 Å². The molecule has 6 heteroatoms. The lowest BCUT2D eigenvalue weighted by molar-refractivity contribution is 0.301. The molecule has 0 bridgehead atoms. The van der Waals surface area contributed by atoms with E-state index in [4.69, 9.17) is 4.74 Å². The van der Waals surface area contributed by atoms with E-state index in [2.05, 4.69) is 9.97 Å². The van der Waals surface area contributed by atoms with Crippen molar-refractivity contribution in [1.82, 2.24) is 9.97 Å². The summed E-state index contributed by atoms with van der Waals surface area (Å²) in [5, 5.41) is 9.77. The molecule has 0 unspecified atom stereocenters. The minimum absolute atomic E-state index is 0.0141. The summed E-state index contributed by atoms with van der Waals surface area (Å²) in [6, 6.07) is 9.35. The Hall–Kier alpha value is -2.26. The molecule has 1 fully saturated rings. The fraction of sp³-hybridized carbons (Fsp3) is 0.312. The highest BCUT2D eigenvalue weighted by molar-refractivity contribution is 7.98. The second-order valence-corrected chi connectivity index (χ2v) is 5.96. The molecule has 22 heavy (non-hydrogen) atoms. The number of rotatable bonds is 5. The van der Waals surface area contributed by atoms with E-state index in [1.54, 1.807) is 0 Å². The molecule has 2 aromatic rings. The maximum atomic E-state index is 12.0. The number of thioether (sulfide) groups is 1. The van der Waals surface area contributed by atoms with Crippen LogP contribution in [-0.2, 0) is 0 Å². The van der Waals surface area contributed by atoms with Crippen molar-refractivity contribution in [3.8, 4) is 23.1 Å². The third kappa shape index (κ3) is 3.00. The van der Waals surface area contributed by atoms with Crippen molar-refractivity contribution in [2.24, 2.45) is 5.92 Å². The van der Waals surface area contributed by atoms with Gasteiger partial charge in [0.2, 0.25) is 0 Å². The predicted octanol–water partition coefficient (Wildman–Crippen LogP) is 2.82. The normalized spacial score (nSPS) is 13.6. The highest BCUT2D eigenvalue weighted by Crippen LogP contribution is 2.34. The fourth-order valence-electron chi connectivity index (χ4n) is 2.13. The number of aromatic nitrogens is 2. The van der Waals surface area contributed by atoms with Crippen LogP contribution in [-0.4, -0.2) is 22.8 Å². The van der Waals surface area contributed by atoms with Crippen molar-refractivity contribution in [2.45, 2.75) is 18.0 Å². The van der Waals surface area contributed by atoms with Crippen molar-refractivity contribution in [2.75, 3.05) is 12.9 Å². The summed E-state index contributed by atoms with van der Waals surface area (Å²) in [6.45, 7) is 0.664. The standard InChI is InChI=1S/C16H15N3O2S/c1-22-16-18-14(12(8-17)15(20)19-16)11-4-2-3-5-13(11)21-9-10-6-7-10/h2-5,10H,6-7,9H2,1H3,(H,18,19,20). The van der Waals surface area contributed by atoms with Crippen molar-refractivity contribution in [1.29, 1.82) is 5.26 Å². The lowest BCUT2D eigenvalue weighted by Gasteiger charge is -2.12. The number of hydrogen-bond donors (Lipinski definition) is 1. The number of benzene rings is 1. The number of nitrogens with one attached hydrogen (secondary N) is 1. The zero-order valence-corrected chi connectivity index (χ0v) is 12.9. The summed E-state index contributed by atoms with van der Waals surface area (Å²) in [5.74, 6) is 1.29. The van der Waals surface area contributed by atoms with Gasteiger partial charge in [-0.05, 0) is 37.1 Å². The fourth-order valence-corrected chi connectivity index (χ4v) is 2.51. The predicted molar refractivity (Wildman–Crippen MR) is 85.0 cm³/mol. The van der Waals surface area contributed by atoms with Gasteiger partial charge in [0.05, 0.1) is 6.61 Å². The molecule has 1 aliphatic carbocycles. The molecule has 1 aromatic heterocycles. The lowest BCUT2D eigenvalue weighted by atomic mass is 10.1. The third-order valence-electron chi connectivity index (χ3n) is 3.52. The first-order valence-electron chi connectivity index (χ1n) is 7.03. The molecular weight excluding hydrogens is 298 g/mol. The minimum Gasteiger partial charge on any atom is -0.493 e. The number of para-hydroxylation sites is 1. The van der Waals surface area contributed by atoms with E-state index in [0.29, 0.717) is 34.7 Å². The molecule has 0 amide bonds. The quantitative estimate of drug-likeness (QED) is 0.678. The first-order valence-corrected chi connectivity index (χ1v) is 8.26. The molecule has 1 heterocycles. The van der Waals surface area contributed by atoms with Gasteiger partial charge in [0.1, 0.15) is 23.1 Å². The summed E-state index contributed by atoms with van der Waals surface area (Å²) in [7, 11) is 0. The average molecular weight is 313 g/mol.